The van der Waals surface area contributed by atoms with Gasteiger partial charge in [-0.2, -0.15) is 0 Å². The molecule has 2 aromatic carbocycles. The molecule has 0 aliphatic carbocycles. The Morgan fingerprint density at radius 3 is 2.27 bits per heavy atom. The largest absolute Gasteiger partial charge is 0.455 e. The van der Waals surface area contributed by atoms with Gasteiger partial charge in [-0.1, -0.05) is 43.6 Å². The summed E-state index contributed by atoms with van der Waals surface area (Å²) in [5.74, 6) is -2.67. The maximum Gasteiger partial charge on any atom is 0.311 e. The van der Waals surface area contributed by atoms with Crippen LogP contribution >= 0.6 is 11.6 Å². The van der Waals surface area contributed by atoms with E-state index in [0.717, 1.165) is 29.7 Å². The average molecular weight is 472 g/mol. The van der Waals surface area contributed by atoms with Crippen LogP contribution in [0, 0.1) is 5.92 Å². The lowest BCUT2D eigenvalue weighted by atomic mass is 10.0. The normalized spacial score (nSPS) is 15.3. The topological polar surface area (TPSA) is 105 Å². The Bertz CT molecular complexity index is 1030. The molecule has 0 radical (unpaired) electrons. The molecule has 1 heterocycles. The molecule has 1 fully saturated rings. The number of nitrogens with zero attached hydrogens (tertiary/aromatic N) is 1. The lowest BCUT2D eigenvalue weighted by molar-refractivity contribution is -0.152. The van der Waals surface area contributed by atoms with Crippen molar-refractivity contribution in [1.29, 1.82) is 0 Å². The number of aryl methyl sites for hydroxylation is 2. The third-order valence-corrected chi connectivity index (χ3v) is 5.71. The van der Waals surface area contributed by atoms with E-state index in [9.17, 15) is 19.2 Å². The fourth-order valence-corrected chi connectivity index (χ4v) is 3.86. The van der Waals surface area contributed by atoms with Crippen LogP contribution in [0.15, 0.2) is 42.5 Å². The van der Waals surface area contributed by atoms with Crippen molar-refractivity contribution < 1.29 is 23.9 Å². The summed E-state index contributed by atoms with van der Waals surface area (Å²) in [5.41, 5.74) is 7.70. The van der Waals surface area contributed by atoms with Crippen LogP contribution < -0.4 is 15.8 Å². The zero-order valence-electron chi connectivity index (χ0n) is 18.5. The molecule has 1 aliphatic rings. The molecular weight excluding hydrogens is 446 g/mol. The highest BCUT2D eigenvalue weighted by atomic mass is 35.5. The van der Waals surface area contributed by atoms with Crippen molar-refractivity contribution in [2.75, 3.05) is 18.1 Å². The number of benzene rings is 2. The van der Waals surface area contributed by atoms with Crippen LogP contribution in [-0.4, -0.2) is 36.8 Å². The van der Waals surface area contributed by atoms with Gasteiger partial charge < -0.3 is 9.64 Å². The van der Waals surface area contributed by atoms with Gasteiger partial charge in [-0.25, -0.2) is 0 Å². The third kappa shape index (κ3) is 5.90. The number of rotatable bonds is 7. The number of halogens is 1. The zero-order chi connectivity index (χ0) is 24.0. The number of esters is 1. The number of amides is 3. The van der Waals surface area contributed by atoms with Gasteiger partial charge in [-0.05, 0) is 48.2 Å². The number of carbonyl (C=O) groups is 4. The number of carbonyl (C=O) groups excluding carboxylic acids is 4. The Morgan fingerprint density at radius 2 is 1.67 bits per heavy atom. The van der Waals surface area contributed by atoms with Crippen LogP contribution in [0.5, 0.6) is 0 Å². The highest BCUT2D eigenvalue weighted by Gasteiger charge is 2.37. The van der Waals surface area contributed by atoms with Crippen LogP contribution in [0.2, 0.25) is 5.02 Å². The Balaban J connectivity index is 1.52. The Morgan fingerprint density at radius 1 is 1.03 bits per heavy atom. The number of para-hydroxylation sites is 1. The summed E-state index contributed by atoms with van der Waals surface area (Å²) in [6.45, 7) is 3.68. The number of hydrogen-bond acceptors (Lipinski definition) is 5. The van der Waals surface area contributed by atoms with Gasteiger partial charge in [-0.3, -0.25) is 30.0 Å². The van der Waals surface area contributed by atoms with E-state index < -0.39 is 30.3 Å². The second-order valence-corrected chi connectivity index (χ2v) is 8.09. The molecule has 2 N–H and O–H groups in total. The summed E-state index contributed by atoms with van der Waals surface area (Å²) in [5, 5.41) is 0.482. The molecule has 0 spiro atoms. The van der Waals surface area contributed by atoms with Crippen LogP contribution in [0.1, 0.15) is 41.8 Å². The molecule has 0 saturated carbocycles. The van der Waals surface area contributed by atoms with Crippen molar-refractivity contribution >= 4 is 41.0 Å². The Kier molecular flexibility index (Phi) is 8.06. The minimum absolute atomic E-state index is 0.0228. The van der Waals surface area contributed by atoms with Gasteiger partial charge in [0.25, 0.3) is 11.8 Å². The minimum Gasteiger partial charge on any atom is -0.455 e. The van der Waals surface area contributed by atoms with Crippen molar-refractivity contribution in [2.45, 2.75) is 33.1 Å². The van der Waals surface area contributed by atoms with Crippen LogP contribution in [-0.2, 0) is 32.0 Å². The highest BCUT2D eigenvalue weighted by Crippen LogP contribution is 2.32. The van der Waals surface area contributed by atoms with Crippen molar-refractivity contribution in [2.24, 2.45) is 5.92 Å². The number of nitrogens with one attached hydrogen (secondary N) is 2. The first kappa shape index (κ1) is 24.3. The average Bonchev–Trinajstić information content (AvgIpc) is 3.21. The minimum atomic E-state index is -0.698. The molecule has 0 bridgehead atoms. The molecule has 0 aromatic heterocycles. The summed E-state index contributed by atoms with van der Waals surface area (Å²) >= 11 is 5.78. The van der Waals surface area contributed by atoms with E-state index in [1.54, 1.807) is 17.0 Å². The molecule has 1 saturated heterocycles. The maximum atomic E-state index is 12.7. The Labute approximate surface area is 197 Å². The molecule has 33 heavy (non-hydrogen) atoms. The van der Waals surface area contributed by atoms with Gasteiger partial charge in [0.2, 0.25) is 5.91 Å². The van der Waals surface area contributed by atoms with Gasteiger partial charge in [0.05, 0.1) is 5.92 Å². The predicted molar refractivity (Wildman–Crippen MR) is 124 cm³/mol. The number of ether oxygens (including phenoxy) is 1. The fraction of sp³-hybridized carbons (Fsp3) is 0.333. The molecule has 3 rings (SSSR count). The van der Waals surface area contributed by atoms with Gasteiger partial charge in [0.1, 0.15) is 0 Å². The van der Waals surface area contributed by atoms with E-state index in [0.29, 0.717) is 10.6 Å². The number of hydrogen-bond donors (Lipinski definition) is 2. The summed E-state index contributed by atoms with van der Waals surface area (Å²) in [6, 6.07) is 12.0. The van der Waals surface area contributed by atoms with E-state index in [-0.39, 0.29) is 18.9 Å². The smallest absolute Gasteiger partial charge is 0.311 e. The summed E-state index contributed by atoms with van der Waals surface area (Å²) < 4.78 is 5.09. The van der Waals surface area contributed by atoms with E-state index in [1.807, 2.05) is 32.0 Å². The summed E-state index contributed by atoms with van der Waals surface area (Å²) in [6.07, 6.45) is 1.56. The van der Waals surface area contributed by atoms with E-state index >= 15 is 0 Å². The molecule has 174 valence electrons. The van der Waals surface area contributed by atoms with Gasteiger partial charge >= 0.3 is 5.97 Å². The first-order valence-corrected chi connectivity index (χ1v) is 11.1. The maximum absolute atomic E-state index is 12.7. The van der Waals surface area contributed by atoms with Crippen LogP contribution in [0.3, 0.4) is 0 Å². The molecule has 1 aliphatic heterocycles. The molecule has 1 atom stereocenters. The van der Waals surface area contributed by atoms with Gasteiger partial charge in [-0.15, -0.1) is 0 Å². The lowest BCUT2D eigenvalue weighted by Crippen LogP contribution is -2.43. The SMILES string of the molecule is CCc1cccc(CC)c1N1C[C@@H](C(=O)OCC(=O)NNC(=O)c2ccc(Cl)cc2)CC1=O. The van der Waals surface area contributed by atoms with Gasteiger partial charge in [0.15, 0.2) is 6.61 Å². The number of hydrazine groups is 1. The quantitative estimate of drug-likeness (QED) is 0.477. The van der Waals surface area contributed by atoms with Crippen molar-refractivity contribution in [3.63, 3.8) is 0 Å². The van der Waals surface area contributed by atoms with Crippen LogP contribution in [0.4, 0.5) is 5.69 Å². The molecule has 9 heteroatoms. The second kappa shape index (κ2) is 11.0. The monoisotopic (exact) mass is 471 g/mol. The molecule has 0 unspecified atom stereocenters. The van der Waals surface area contributed by atoms with E-state index in [2.05, 4.69) is 10.9 Å². The molecular formula is C24H26ClN3O5. The van der Waals surface area contributed by atoms with Crippen LogP contribution in [0.25, 0.3) is 0 Å². The summed E-state index contributed by atoms with van der Waals surface area (Å²) in [7, 11) is 0. The van der Waals surface area contributed by atoms with Crippen molar-refractivity contribution in [3.05, 3.63) is 64.2 Å². The number of anilines is 1. The first-order chi connectivity index (χ1) is 15.8. The molecule has 2 aromatic rings. The van der Waals surface area contributed by atoms with Crippen molar-refractivity contribution in [3.8, 4) is 0 Å². The standard InChI is InChI=1S/C24H26ClN3O5/c1-3-15-6-5-7-16(4-2)22(15)28-13-18(12-21(28)30)24(32)33-14-20(29)26-27-23(31)17-8-10-19(25)11-9-17/h5-11,18H,3-4,12-14H2,1-2H3,(H,26,29)(H,27,31)/t18-/m0/s1. The Hall–Kier alpha value is -3.39. The highest BCUT2D eigenvalue weighted by molar-refractivity contribution is 6.30. The van der Waals surface area contributed by atoms with Crippen molar-refractivity contribution in [1.82, 2.24) is 10.9 Å². The fourth-order valence-electron chi connectivity index (χ4n) is 3.73. The molecule has 3 amide bonds. The summed E-state index contributed by atoms with van der Waals surface area (Å²) in [4.78, 5) is 50.8. The third-order valence-electron chi connectivity index (χ3n) is 5.46. The molecule has 8 nitrogen and oxygen atoms in total. The lowest BCUT2D eigenvalue weighted by Gasteiger charge is -2.23. The van der Waals surface area contributed by atoms with E-state index in [1.165, 1.54) is 12.1 Å². The van der Waals surface area contributed by atoms with Gasteiger partial charge in [0, 0.05) is 29.2 Å². The zero-order valence-corrected chi connectivity index (χ0v) is 19.3. The second-order valence-electron chi connectivity index (χ2n) is 7.65. The predicted octanol–water partition coefficient (Wildman–Crippen LogP) is 2.82. The first-order valence-electron chi connectivity index (χ1n) is 10.8. The van der Waals surface area contributed by atoms with E-state index in [4.69, 9.17) is 16.3 Å².